The van der Waals surface area contributed by atoms with Gasteiger partial charge in [-0.2, -0.15) is 0 Å². The Morgan fingerprint density at radius 1 is 1.06 bits per heavy atom. The molecule has 18 heavy (non-hydrogen) atoms. The third-order valence-electron chi connectivity index (χ3n) is 3.39. The van der Waals surface area contributed by atoms with Crippen LogP contribution in [0.2, 0.25) is 0 Å². The van der Waals surface area contributed by atoms with Crippen LogP contribution in [0.4, 0.5) is 0 Å². The maximum Gasteiger partial charge on any atom is 0.0900 e. The normalized spacial score (nSPS) is 16.7. The molecule has 3 rings (SSSR count). The minimum atomic E-state index is 0.557. The van der Waals surface area contributed by atoms with Crippen LogP contribution < -0.4 is 5.32 Å². The first-order valence-corrected chi connectivity index (χ1v) is 6.36. The monoisotopic (exact) mass is 240 g/mol. The van der Waals surface area contributed by atoms with E-state index >= 15 is 0 Å². The fourth-order valence-corrected chi connectivity index (χ4v) is 2.33. The molecule has 92 valence electrons. The topological polar surface area (TPSA) is 50.7 Å². The van der Waals surface area contributed by atoms with Crippen LogP contribution in [0.3, 0.4) is 0 Å². The van der Waals surface area contributed by atoms with Gasteiger partial charge in [0.05, 0.1) is 17.6 Å². The molecule has 0 aromatic carbocycles. The van der Waals surface area contributed by atoms with E-state index in [2.05, 4.69) is 20.3 Å². The molecule has 0 spiro atoms. The van der Waals surface area contributed by atoms with Crippen LogP contribution in [-0.2, 0) is 0 Å². The van der Waals surface area contributed by atoms with Gasteiger partial charge in [-0.15, -0.1) is 0 Å². The summed E-state index contributed by atoms with van der Waals surface area (Å²) < 4.78 is 0. The Morgan fingerprint density at radius 3 is 2.61 bits per heavy atom. The largest absolute Gasteiger partial charge is 0.317 e. The van der Waals surface area contributed by atoms with Crippen molar-refractivity contribution in [2.45, 2.75) is 18.8 Å². The van der Waals surface area contributed by atoms with Gasteiger partial charge in [-0.05, 0) is 38.1 Å². The molecule has 1 fully saturated rings. The van der Waals surface area contributed by atoms with Gasteiger partial charge in [-0.1, -0.05) is 0 Å². The lowest BCUT2D eigenvalue weighted by molar-refractivity contribution is 0.452. The van der Waals surface area contributed by atoms with Gasteiger partial charge in [-0.25, -0.2) is 0 Å². The Morgan fingerprint density at radius 2 is 1.94 bits per heavy atom. The van der Waals surface area contributed by atoms with Crippen LogP contribution in [0.1, 0.15) is 24.5 Å². The van der Waals surface area contributed by atoms with E-state index in [4.69, 9.17) is 0 Å². The highest BCUT2D eigenvalue weighted by molar-refractivity contribution is 5.56. The molecular formula is C14H16N4. The van der Waals surface area contributed by atoms with E-state index in [0.29, 0.717) is 5.92 Å². The molecule has 0 aliphatic carbocycles. The van der Waals surface area contributed by atoms with Crippen molar-refractivity contribution in [2.75, 3.05) is 13.1 Å². The third-order valence-corrected chi connectivity index (χ3v) is 3.39. The number of nitrogens with zero attached hydrogens (tertiary/aromatic N) is 3. The summed E-state index contributed by atoms with van der Waals surface area (Å²) in [4.78, 5) is 13.2. The molecule has 4 heteroatoms. The van der Waals surface area contributed by atoms with Gasteiger partial charge in [0, 0.05) is 30.1 Å². The number of pyridine rings is 1. The summed E-state index contributed by atoms with van der Waals surface area (Å²) in [6, 6.07) is 3.92. The molecule has 3 heterocycles. The van der Waals surface area contributed by atoms with E-state index in [1.54, 1.807) is 6.20 Å². The Hall–Kier alpha value is -1.81. The minimum absolute atomic E-state index is 0.557. The van der Waals surface area contributed by atoms with Gasteiger partial charge in [0.2, 0.25) is 0 Å². The summed E-state index contributed by atoms with van der Waals surface area (Å²) in [7, 11) is 0. The summed E-state index contributed by atoms with van der Waals surface area (Å²) in [6.45, 7) is 2.16. The lowest BCUT2D eigenvalue weighted by Gasteiger charge is -2.21. The molecule has 2 aromatic heterocycles. The van der Waals surface area contributed by atoms with Crippen molar-refractivity contribution in [1.82, 2.24) is 20.3 Å². The summed E-state index contributed by atoms with van der Waals surface area (Å²) in [5.41, 5.74) is 3.02. The Kier molecular flexibility index (Phi) is 3.28. The Bertz CT molecular complexity index is 489. The maximum absolute atomic E-state index is 4.56. The molecular weight excluding hydrogens is 224 g/mol. The number of piperidine rings is 1. The number of nitrogens with one attached hydrogen (secondary N) is 1. The van der Waals surface area contributed by atoms with Crippen molar-refractivity contribution in [2.24, 2.45) is 0 Å². The molecule has 2 aromatic rings. The molecule has 1 aliphatic rings. The Labute approximate surface area is 107 Å². The van der Waals surface area contributed by atoms with Gasteiger partial charge in [0.25, 0.3) is 0 Å². The van der Waals surface area contributed by atoms with Gasteiger partial charge in [0.15, 0.2) is 0 Å². The first-order valence-electron chi connectivity index (χ1n) is 6.36. The molecule has 0 saturated carbocycles. The van der Waals surface area contributed by atoms with Crippen molar-refractivity contribution in [3.8, 4) is 11.3 Å². The quantitative estimate of drug-likeness (QED) is 0.872. The van der Waals surface area contributed by atoms with Crippen LogP contribution >= 0.6 is 0 Å². The predicted molar refractivity (Wildman–Crippen MR) is 70.1 cm³/mol. The molecule has 4 nitrogen and oxygen atoms in total. The molecule has 0 radical (unpaired) electrons. The van der Waals surface area contributed by atoms with Crippen LogP contribution in [0.5, 0.6) is 0 Å². The van der Waals surface area contributed by atoms with E-state index in [1.807, 2.05) is 30.7 Å². The summed E-state index contributed by atoms with van der Waals surface area (Å²) in [6.07, 6.45) is 9.66. The molecule has 1 aliphatic heterocycles. The zero-order chi connectivity index (χ0) is 12.2. The van der Waals surface area contributed by atoms with Crippen LogP contribution in [0, 0.1) is 0 Å². The van der Waals surface area contributed by atoms with Crippen molar-refractivity contribution in [3.63, 3.8) is 0 Å². The van der Waals surface area contributed by atoms with Crippen LogP contribution in [0.25, 0.3) is 11.3 Å². The number of aromatic nitrogens is 3. The smallest absolute Gasteiger partial charge is 0.0900 e. The van der Waals surface area contributed by atoms with Gasteiger partial charge < -0.3 is 5.32 Å². The molecule has 1 N–H and O–H groups in total. The van der Waals surface area contributed by atoms with E-state index in [1.165, 1.54) is 0 Å². The number of rotatable bonds is 2. The first-order chi connectivity index (χ1) is 8.93. The van der Waals surface area contributed by atoms with E-state index < -0.39 is 0 Å². The second-order valence-electron chi connectivity index (χ2n) is 4.59. The number of hydrogen-bond acceptors (Lipinski definition) is 4. The highest BCUT2D eigenvalue weighted by Gasteiger charge is 2.16. The summed E-state index contributed by atoms with van der Waals surface area (Å²) >= 11 is 0. The molecule has 0 bridgehead atoms. The zero-order valence-electron chi connectivity index (χ0n) is 10.2. The minimum Gasteiger partial charge on any atom is -0.317 e. The third kappa shape index (κ3) is 2.38. The second-order valence-corrected chi connectivity index (χ2v) is 4.59. The first kappa shape index (κ1) is 11.3. The van der Waals surface area contributed by atoms with Crippen molar-refractivity contribution >= 4 is 0 Å². The predicted octanol–water partition coefficient (Wildman–Crippen LogP) is 2.01. The van der Waals surface area contributed by atoms with Gasteiger partial charge >= 0.3 is 0 Å². The second kappa shape index (κ2) is 5.23. The Balaban J connectivity index is 1.80. The van der Waals surface area contributed by atoms with Gasteiger partial charge in [-0.3, -0.25) is 15.0 Å². The SMILES string of the molecule is c1cncc(-c2cnc(C3CCNCC3)cn2)c1. The van der Waals surface area contributed by atoms with E-state index in [-0.39, 0.29) is 0 Å². The van der Waals surface area contributed by atoms with E-state index in [0.717, 1.165) is 42.9 Å². The van der Waals surface area contributed by atoms with Crippen molar-refractivity contribution < 1.29 is 0 Å². The lowest BCUT2D eigenvalue weighted by atomic mass is 9.95. The van der Waals surface area contributed by atoms with Crippen LogP contribution in [-0.4, -0.2) is 28.0 Å². The number of hydrogen-bond donors (Lipinski definition) is 1. The standard InChI is InChI=1S/C14H16N4/c1-2-12(8-16-5-1)14-10-17-13(9-18-14)11-3-6-15-7-4-11/h1-2,5,8-11,15H,3-4,6-7H2. The fourth-order valence-electron chi connectivity index (χ4n) is 2.33. The van der Waals surface area contributed by atoms with Crippen molar-refractivity contribution in [3.05, 3.63) is 42.6 Å². The summed E-state index contributed by atoms with van der Waals surface area (Å²) in [5, 5.41) is 3.37. The van der Waals surface area contributed by atoms with Crippen molar-refractivity contribution in [1.29, 1.82) is 0 Å². The fraction of sp³-hybridized carbons (Fsp3) is 0.357. The molecule has 0 amide bonds. The molecule has 0 unspecified atom stereocenters. The van der Waals surface area contributed by atoms with Gasteiger partial charge in [0.1, 0.15) is 0 Å². The molecule has 1 saturated heterocycles. The highest BCUT2D eigenvalue weighted by Crippen LogP contribution is 2.23. The average Bonchev–Trinajstić information content (AvgIpc) is 2.49. The van der Waals surface area contributed by atoms with E-state index in [9.17, 15) is 0 Å². The summed E-state index contributed by atoms with van der Waals surface area (Å²) in [5.74, 6) is 0.557. The molecule has 0 atom stereocenters. The highest BCUT2D eigenvalue weighted by atomic mass is 14.9. The zero-order valence-corrected chi connectivity index (χ0v) is 10.2. The average molecular weight is 240 g/mol. The lowest BCUT2D eigenvalue weighted by Crippen LogP contribution is -2.27. The van der Waals surface area contributed by atoms with Crippen LogP contribution in [0.15, 0.2) is 36.9 Å². The maximum atomic E-state index is 4.56.